The van der Waals surface area contributed by atoms with E-state index in [4.69, 9.17) is 27.9 Å². The molecule has 0 saturated heterocycles. The molecule has 2 rings (SSSR count). The van der Waals surface area contributed by atoms with Crippen LogP contribution in [0, 0.1) is 0 Å². The Bertz CT molecular complexity index is 341. The SMILES string of the molecule is COc1ccc(Cl)c2c1NC(Cl)C2. The molecule has 0 aromatic heterocycles. The first-order valence-corrected chi connectivity index (χ1v) is 4.80. The molecule has 0 bridgehead atoms. The molecule has 0 radical (unpaired) electrons. The van der Waals surface area contributed by atoms with E-state index in [0.29, 0.717) is 0 Å². The standard InChI is InChI=1S/C9H9Cl2NO/c1-13-7-3-2-6(10)5-4-8(11)12-9(5)7/h2-3,8,12H,4H2,1H3. The van der Waals surface area contributed by atoms with Gasteiger partial charge in [0, 0.05) is 17.0 Å². The van der Waals surface area contributed by atoms with Gasteiger partial charge >= 0.3 is 0 Å². The fraction of sp³-hybridized carbons (Fsp3) is 0.333. The number of hydrogen-bond donors (Lipinski definition) is 1. The minimum atomic E-state index is -0.0798. The third kappa shape index (κ3) is 1.45. The number of hydrogen-bond acceptors (Lipinski definition) is 2. The van der Waals surface area contributed by atoms with E-state index in [9.17, 15) is 0 Å². The quantitative estimate of drug-likeness (QED) is 0.578. The molecular formula is C9H9Cl2NO. The summed E-state index contributed by atoms with van der Waals surface area (Å²) in [6.07, 6.45) is 0.743. The first-order chi connectivity index (χ1) is 6.22. The summed E-state index contributed by atoms with van der Waals surface area (Å²) < 4.78 is 5.18. The Morgan fingerprint density at radius 2 is 2.31 bits per heavy atom. The maximum atomic E-state index is 6.01. The lowest BCUT2D eigenvalue weighted by atomic mass is 10.1. The number of anilines is 1. The zero-order valence-electron chi connectivity index (χ0n) is 7.10. The molecule has 13 heavy (non-hydrogen) atoms. The normalized spacial score (nSPS) is 19.5. The van der Waals surface area contributed by atoms with Gasteiger partial charge in [0.1, 0.15) is 11.3 Å². The molecule has 2 nitrogen and oxygen atoms in total. The first-order valence-electron chi connectivity index (χ1n) is 3.98. The van der Waals surface area contributed by atoms with Crippen LogP contribution in [0.25, 0.3) is 0 Å². The maximum absolute atomic E-state index is 6.01. The Kier molecular flexibility index (Phi) is 2.26. The molecule has 1 N–H and O–H groups in total. The van der Waals surface area contributed by atoms with E-state index in [2.05, 4.69) is 5.32 Å². The van der Waals surface area contributed by atoms with Crippen molar-refractivity contribution in [1.82, 2.24) is 0 Å². The molecule has 0 amide bonds. The first kappa shape index (κ1) is 8.97. The summed E-state index contributed by atoms with van der Waals surface area (Å²) in [5.41, 5.74) is 1.89. The molecular weight excluding hydrogens is 209 g/mol. The Balaban J connectivity index is 2.52. The molecule has 0 spiro atoms. The average molecular weight is 218 g/mol. The lowest BCUT2D eigenvalue weighted by molar-refractivity contribution is 0.416. The zero-order chi connectivity index (χ0) is 9.42. The van der Waals surface area contributed by atoms with Gasteiger partial charge in [0.2, 0.25) is 0 Å². The number of benzene rings is 1. The van der Waals surface area contributed by atoms with E-state index < -0.39 is 0 Å². The van der Waals surface area contributed by atoms with Crippen molar-refractivity contribution in [3.63, 3.8) is 0 Å². The van der Waals surface area contributed by atoms with Crippen molar-refractivity contribution in [2.75, 3.05) is 12.4 Å². The van der Waals surface area contributed by atoms with Gasteiger partial charge in [-0.2, -0.15) is 0 Å². The number of rotatable bonds is 1. The fourth-order valence-corrected chi connectivity index (χ4v) is 2.01. The molecule has 0 aliphatic carbocycles. The smallest absolute Gasteiger partial charge is 0.142 e. The third-order valence-electron chi connectivity index (χ3n) is 2.12. The average Bonchev–Trinajstić information content (AvgIpc) is 2.48. The molecule has 0 saturated carbocycles. The highest BCUT2D eigenvalue weighted by Gasteiger charge is 2.23. The largest absolute Gasteiger partial charge is 0.495 e. The molecule has 1 aliphatic heterocycles. The zero-order valence-corrected chi connectivity index (χ0v) is 8.62. The van der Waals surface area contributed by atoms with Crippen LogP contribution in [0.1, 0.15) is 5.56 Å². The molecule has 1 atom stereocenters. The maximum Gasteiger partial charge on any atom is 0.142 e. The van der Waals surface area contributed by atoms with E-state index in [1.165, 1.54) is 0 Å². The lowest BCUT2D eigenvalue weighted by Crippen LogP contribution is -2.05. The van der Waals surface area contributed by atoms with Gasteiger partial charge < -0.3 is 10.1 Å². The van der Waals surface area contributed by atoms with Gasteiger partial charge in [0.05, 0.1) is 12.8 Å². The monoisotopic (exact) mass is 217 g/mol. The van der Waals surface area contributed by atoms with Gasteiger partial charge in [-0.1, -0.05) is 23.2 Å². The highest BCUT2D eigenvalue weighted by molar-refractivity contribution is 6.32. The van der Waals surface area contributed by atoms with Gasteiger partial charge in [-0.05, 0) is 12.1 Å². The van der Waals surface area contributed by atoms with E-state index >= 15 is 0 Å². The lowest BCUT2D eigenvalue weighted by Gasteiger charge is -2.08. The second kappa shape index (κ2) is 3.28. The number of ether oxygens (including phenoxy) is 1. The number of methoxy groups -OCH3 is 1. The second-order valence-electron chi connectivity index (χ2n) is 2.92. The minimum Gasteiger partial charge on any atom is -0.495 e. The van der Waals surface area contributed by atoms with Gasteiger partial charge in [-0.15, -0.1) is 0 Å². The molecule has 0 fully saturated rings. The summed E-state index contributed by atoms with van der Waals surface area (Å²) in [7, 11) is 1.63. The minimum absolute atomic E-state index is 0.0798. The van der Waals surface area contributed by atoms with Crippen molar-refractivity contribution in [2.24, 2.45) is 0 Å². The topological polar surface area (TPSA) is 21.3 Å². The summed E-state index contributed by atoms with van der Waals surface area (Å²) in [6, 6.07) is 3.67. The van der Waals surface area contributed by atoms with Crippen LogP contribution in [0.3, 0.4) is 0 Å². The summed E-state index contributed by atoms with van der Waals surface area (Å²) >= 11 is 12.0. The van der Waals surface area contributed by atoms with E-state index in [1.807, 2.05) is 12.1 Å². The van der Waals surface area contributed by atoms with Crippen LogP contribution < -0.4 is 10.1 Å². The van der Waals surface area contributed by atoms with Crippen molar-refractivity contribution >= 4 is 28.9 Å². The molecule has 1 aromatic rings. The summed E-state index contributed by atoms with van der Waals surface area (Å²) in [6.45, 7) is 0. The van der Waals surface area contributed by atoms with E-state index in [1.54, 1.807) is 7.11 Å². The van der Waals surface area contributed by atoms with Gasteiger partial charge in [-0.25, -0.2) is 0 Å². The molecule has 1 unspecified atom stereocenters. The van der Waals surface area contributed by atoms with Gasteiger partial charge in [0.15, 0.2) is 0 Å². The van der Waals surface area contributed by atoms with Crippen molar-refractivity contribution in [3.05, 3.63) is 22.7 Å². The highest BCUT2D eigenvalue weighted by atomic mass is 35.5. The van der Waals surface area contributed by atoms with Crippen LogP contribution in [-0.4, -0.2) is 12.6 Å². The molecule has 4 heteroatoms. The van der Waals surface area contributed by atoms with Crippen LogP contribution in [0.15, 0.2) is 12.1 Å². The van der Waals surface area contributed by atoms with Crippen LogP contribution in [0.4, 0.5) is 5.69 Å². The van der Waals surface area contributed by atoms with Crippen LogP contribution in [0.2, 0.25) is 5.02 Å². The van der Waals surface area contributed by atoms with Gasteiger partial charge in [0.25, 0.3) is 0 Å². The van der Waals surface area contributed by atoms with Crippen molar-refractivity contribution in [3.8, 4) is 5.75 Å². The number of alkyl halides is 1. The number of halogens is 2. The Hall–Kier alpha value is -0.600. The van der Waals surface area contributed by atoms with Gasteiger partial charge in [-0.3, -0.25) is 0 Å². The van der Waals surface area contributed by atoms with Crippen molar-refractivity contribution in [2.45, 2.75) is 11.9 Å². The number of fused-ring (bicyclic) bond motifs is 1. The Morgan fingerprint density at radius 3 is 3.00 bits per heavy atom. The second-order valence-corrected chi connectivity index (χ2v) is 3.85. The van der Waals surface area contributed by atoms with E-state index in [-0.39, 0.29) is 5.50 Å². The Morgan fingerprint density at radius 1 is 1.54 bits per heavy atom. The summed E-state index contributed by atoms with van der Waals surface area (Å²) in [4.78, 5) is 0. The van der Waals surface area contributed by atoms with Crippen LogP contribution >= 0.6 is 23.2 Å². The van der Waals surface area contributed by atoms with Crippen molar-refractivity contribution < 1.29 is 4.74 Å². The fourth-order valence-electron chi connectivity index (χ4n) is 1.52. The Labute approximate surface area is 86.8 Å². The van der Waals surface area contributed by atoms with E-state index in [0.717, 1.165) is 28.4 Å². The third-order valence-corrected chi connectivity index (χ3v) is 2.74. The van der Waals surface area contributed by atoms with Crippen molar-refractivity contribution in [1.29, 1.82) is 0 Å². The molecule has 1 heterocycles. The summed E-state index contributed by atoms with van der Waals surface area (Å²) in [5, 5.41) is 3.86. The molecule has 1 aromatic carbocycles. The molecule has 70 valence electrons. The summed E-state index contributed by atoms with van der Waals surface area (Å²) in [5.74, 6) is 0.794. The predicted octanol–water partition coefficient (Wildman–Crippen LogP) is 2.88. The van der Waals surface area contributed by atoms with Crippen LogP contribution in [-0.2, 0) is 6.42 Å². The molecule has 1 aliphatic rings. The predicted molar refractivity (Wildman–Crippen MR) is 55.0 cm³/mol. The van der Waals surface area contributed by atoms with Crippen LogP contribution in [0.5, 0.6) is 5.75 Å². The highest BCUT2D eigenvalue weighted by Crippen LogP contribution is 2.39. The number of nitrogens with one attached hydrogen (secondary N) is 1.